The summed E-state index contributed by atoms with van der Waals surface area (Å²) in [5.41, 5.74) is 8.60. The normalized spacial score (nSPS) is 21.0. The zero-order chi connectivity index (χ0) is 25.2. The Labute approximate surface area is 204 Å². The average molecular weight is 502 g/mol. The molecular weight excluding hydrogens is 469 g/mol. The van der Waals surface area contributed by atoms with Crippen molar-refractivity contribution < 1.29 is 23.1 Å². The molecule has 4 atom stereocenters. The molecule has 3 unspecified atom stereocenters. The number of aldehydes is 1. The number of anilines is 1. The number of nitrogens with one attached hydrogen (secondary N) is 1. The van der Waals surface area contributed by atoms with Crippen molar-refractivity contribution in [3.8, 4) is 5.75 Å². The first-order valence-electron chi connectivity index (χ1n) is 11.6. The summed E-state index contributed by atoms with van der Waals surface area (Å²) in [6.07, 6.45) is 2.97. The number of carbonyl (C=O) groups excluding carboxylic acids is 1. The van der Waals surface area contributed by atoms with Crippen molar-refractivity contribution >= 4 is 25.4 Å². The topological polar surface area (TPSA) is 130 Å². The van der Waals surface area contributed by atoms with Gasteiger partial charge in [0.25, 0.3) is 0 Å². The van der Waals surface area contributed by atoms with Gasteiger partial charge in [0, 0.05) is 0 Å². The summed E-state index contributed by atoms with van der Waals surface area (Å²) >= 11 is 0. The highest BCUT2D eigenvalue weighted by Crippen LogP contribution is 2.46. The molecule has 0 amide bonds. The highest BCUT2D eigenvalue weighted by Gasteiger charge is 2.34. The van der Waals surface area contributed by atoms with Crippen LogP contribution in [0.5, 0.6) is 5.75 Å². The van der Waals surface area contributed by atoms with Crippen LogP contribution >= 0.6 is 7.75 Å². The van der Waals surface area contributed by atoms with Gasteiger partial charge in [-0.1, -0.05) is 32.9 Å². The lowest BCUT2D eigenvalue weighted by molar-refractivity contribution is -0.109. The van der Waals surface area contributed by atoms with E-state index >= 15 is 0 Å². The Balaban J connectivity index is 1.43. The number of aromatic nitrogens is 3. The van der Waals surface area contributed by atoms with E-state index in [-0.39, 0.29) is 24.2 Å². The van der Waals surface area contributed by atoms with Gasteiger partial charge < -0.3 is 19.8 Å². The average Bonchev–Trinajstić information content (AvgIpc) is 3.45. The second kappa shape index (κ2) is 10.1. The molecule has 1 fully saturated rings. The summed E-state index contributed by atoms with van der Waals surface area (Å²) in [7, 11) is -3.85. The van der Waals surface area contributed by atoms with E-state index < -0.39 is 13.8 Å². The number of nitrogens with two attached hydrogens (primary N) is 1. The van der Waals surface area contributed by atoms with Gasteiger partial charge in [0.2, 0.25) is 0 Å². The third-order valence-corrected chi connectivity index (χ3v) is 7.55. The van der Waals surface area contributed by atoms with E-state index in [1.54, 1.807) is 23.6 Å². The molecule has 11 heteroatoms. The highest BCUT2D eigenvalue weighted by atomic mass is 31.2. The first-order chi connectivity index (χ1) is 16.6. The van der Waals surface area contributed by atoms with E-state index in [4.69, 9.17) is 19.5 Å². The fourth-order valence-electron chi connectivity index (χ4n) is 3.97. The molecule has 4 rings (SSSR count). The number of ether oxygens (including phenoxy) is 1. The molecule has 0 saturated carbocycles. The van der Waals surface area contributed by atoms with Crippen molar-refractivity contribution in [3.63, 3.8) is 0 Å². The lowest BCUT2D eigenvalue weighted by Crippen LogP contribution is -2.29. The smallest absolute Gasteiger partial charge is 0.413 e. The maximum atomic E-state index is 13.5. The zero-order valence-electron chi connectivity index (χ0n) is 20.4. The molecule has 0 aliphatic carbocycles. The summed E-state index contributed by atoms with van der Waals surface area (Å²) in [6, 6.07) is 10.4. The molecule has 0 radical (unpaired) electrons. The Bertz CT molecular complexity index is 1220. The van der Waals surface area contributed by atoms with Crippen LogP contribution in [0.25, 0.3) is 5.52 Å². The monoisotopic (exact) mass is 501 g/mol. The number of benzene rings is 1. The fourth-order valence-corrected chi connectivity index (χ4v) is 5.47. The van der Waals surface area contributed by atoms with Crippen LogP contribution in [0.4, 0.5) is 5.82 Å². The Kier molecular flexibility index (Phi) is 7.28. The van der Waals surface area contributed by atoms with Gasteiger partial charge in [0.15, 0.2) is 5.82 Å². The number of hydrogen-bond acceptors (Lipinski definition) is 8. The van der Waals surface area contributed by atoms with E-state index in [0.29, 0.717) is 29.8 Å². The van der Waals surface area contributed by atoms with E-state index in [2.05, 4.69) is 35.9 Å². The van der Waals surface area contributed by atoms with E-state index in [1.807, 2.05) is 24.3 Å². The third kappa shape index (κ3) is 5.90. The van der Waals surface area contributed by atoms with Gasteiger partial charge in [0.05, 0.1) is 24.4 Å². The summed E-state index contributed by atoms with van der Waals surface area (Å²) in [5.74, 6) is 0.780. The SMILES string of the molecule is C[C@@H](C=O)NP(=O)(OCC1CCC(c2ccc3c(N)ncnn23)O1)Oc1ccc(C(C)(C)C)cc1. The van der Waals surface area contributed by atoms with Gasteiger partial charge in [-0.2, -0.15) is 5.10 Å². The second-order valence-electron chi connectivity index (χ2n) is 9.74. The quantitative estimate of drug-likeness (QED) is 0.327. The summed E-state index contributed by atoms with van der Waals surface area (Å²) < 4.78 is 32.9. The predicted molar refractivity (Wildman–Crippen MR) is 132 cm³/mol. The number of nitrogens with zero attached hydrogens (tertiary/aromatic N) is 3. The summed E-state index contributed by atoms with van der Waals surface area (Å²) in [5, 5.41) is 6.96. The van der Waals surface area contributed by atoms with Crippen molar-refractivity contribution in [1.29, 1.82) is 0 Å². The van der Waals surface area contributed by atoms with E-state index in [0.717, 1.165) is 17.7 Å². The Morgan fingerprint density at radius 3 is 2.69 bits per heavy atom. The lowest BCUT2D eigenvalue weighted by Gasteiger charge is -2.24. The van der Waals surface area contributed by atoms with Crippen molar-refractivity contribution in [2.75, 3.05) is 12.3 Å². The highest BCUT2D eigenvalue weighted by molar-refractivity contribution is 7.52. The minimum atomic E-state index is -3.85. The molecule has 1 aliphatic rings. The molecule has 3 heterocycles. The van der Waals surface area contributed by atoms with Crippen LogP contribution in [0.2, 0.25) is 0 Å². The van der Waals surface area contributed by atoms with Crippen molar-refractivity contribution in [3.05, 3.63) is 54.0 Å². The molecule has 3 aromatic rings. The van der Waals surface area contributed by atoms with Gasteiger partial charge in [0.1, 0.15) is 30.0 Å². The standard InChI is InChI=1S/C24H32N5O5P/c1-16(13-30)28-35(31,34-18-7-5-17(6-8-18)24(2,3)4)32-14-19-9-12-22(33-19)20-10-11-21-23(25)26-15-27-29(20)21/h5-8,10-11,13,15-16,19,22H,9,12,14H2,1-4H3,(H,28,31)(H2,25,26,27)/t16-,19?,22?,35?/m0/s1. The van der Waals surface area contributed by atoms with Gasteiger partial charge in [-0.25, -0.2) is 19.2 Å². The number of fused-ring (bicyclic) bond motifs is 1. The van der Waals surface area contributed by atoms with Gasteiger partial charge in [-0.15, -0.1) is 0 Å². The maximum Gasteiger partial charge on any atom is 0.459 e. The number of hydrogen-bond donors (Lipinski definition) is 2. The molecule has 0 spiro atoms. The van der Waals surface area contributed by atoms with Crippen LogP contribution in [-0.2, 0) is 24.0 Å². The van der Waals surface area contributed by atoms with Crippen molar-refractivity contribution in [1.82, 2.24) is 19.7 Å². The minimum Gasteiger partial charge on any atom is -0.413 e. The largest absolute Gasteiger partial charge is 0.459 e. The Morgan fingerprint density at radius 2 is 2.00 bits per heavy atom. The van der Waals surface area contributed by atoms with Gasteiger partial charge in [-0.3, -0.25) is 4.52 Å². The molecule has 3 N–H and O–H groups in total. The molecule has 188 valence electrons. The molecule has 1 aliphatic heterocycles. The molecular formula is C24H32N5O5P. The molecule has 1 aromatic carbocycles. The van der Waals surface area contributed by atoms with Crippen LogP contribution in [0.1, 0.15) is 57.9 Å². The first kappa shape index (κ1) is 25.3. The Hall–Kier alpha value is -2.78. The Morgan fingerprint density at radius 1 is 1.26 bits per heavy atom. The van der Waals surface area contributed by atoms with Crippen LogP contribution in [0.15, 0.2) is 42.7 Å². The molecule has 35 heavy (non-hydrogen) atoms. The van der Waals surface area contributed by atoms with Crippen molar-refractivity contribution in [2.24, 2.45) is 0 Å². The minimum absolute atomic E-state index is 0.0254. The molecule has 1 saturated heterocycles. The fraction of sp³-hybridized carbons (Fsp3) is 0.458. The van der Waals surface area contributed by atoms with Gasteiger partial charge in [-0.05, 0) is 55.0 Å². The van der Waals surface area contributed by atoms with E-state index in [9.17, 15) is 9.36 Å². The third-order valence-electron chi connectivity index (χ3n) is 5.89. The van der Waals surface area contributed by atoms with Crippen LogP contribution < -0.4 is 15.3 Å². The number of carbonyl (C=O) groups is 1. The van der Waals surface area contributed by atoms with Crippen LogP contribution in [0.3, 0.4) is 0 Å². The summed E-state index contributed by atoms with van der Waals surface area (Å²) in [6.45, 7) is 7.95. The van der Waals surface area contributed by atoms with E-state index in [1.165, 1.54) is 6.33 Å². The predicted octanol–water partition coefficient (Wildman–Crippen LogP) is 4.21. The lowest BCUT2D eigenvalue weighted by atomic mass is 9.87. The second-order valence-corrected chi connectivity index (χ2v) is 11.4. The van der Waals surface area contributed by atoms with Crippen molar-refractivity contribution in [2.45, 2.75) is 64.2 Å². The maximum absolute atomic E-state index is 13.5. The van der Waals surface area contributed by atoms with Crippen LogP contribution in [-0.4, -0.2) is 39.6 Å². The van der Waals surface area contributed by atoms with Crippen LogP contribution in [0, 0.1) is 0 Å². The summed E-state index contributed by atoms with van der Waals surface area (Å²) in [4.78, 5) is 15.2. The number of nitrogen functional groups attached to an aromatic ring is 1. The van der Waals surface area contributed by atoms with Gasteiger partial charge >= 0.3 is 7.75 Å². The molecule has 10 nitrogen and oxygen atoms in total. The number of rotatable bonds is 9. The first-order valence-corrected chi connectivity index (χ1v) is 13.1. The zero-order valence-corrected chi connectivity index (χ0v) is 21.3. The molecule has 0 bridgehead atoms. The molecule has 2 aromatic heterocycles.